The molecule has 4 nitrogen and oxygen atoms in total. The predicted molar refractivity (Wildman–Crippen MR) is 100 cm³/mol. The molecule has 0 aliphatic heterocycles. The molecule has 0 saturated heterocycles. The zero-order valence-electron chi connectivity index (χ0n) is 15.8. The van der Waals surface area contributed by atoms with Crippen LogP contribution in [0.5, 0.6) is 0 Å². The maximum atomic E-state index is 5.93. The Hall–Kier alpha value is -2.49. The fraction of sp³-hybridized carbons (Fsp3) is 0.381. The molecule has 1 aromatic carbocycles. The van der Waals surface area contributed by atoms with E-state index in [1.807, 2.05) is 12.1 Å². The van der Waals surface area contributed by atoms with E-state index < -0.39 is 0 Å². The van der Waals surface area contributed by atoms with Crippen molar-refractivity contribution in [1.82, 2.24) is 15.2 Å². The summed E-state index contributed by atoms with van der Waals surface area (Å²) in [4.78, 5) is 4.11. The number of hydrogen-bond acceptors (Lipinski definition) is 4. The summed E-state index contributed by atoms with van der Waals surface area (Å²) in [7, 11) is 0. The minimum absolute atomic E-state index is 0.0439. The molecule has 0 aliphatic carbocycles. The fourth-order valence-electron chi connectivity index (χ4n) is 2.56. The Morgan fingerprint density at radius 3 is 1.80 bits per heavy atom. The molecule has 0 saturated carbocycles. The Balaban J connectivity index is 2.09. The first-order chi connectivity index (χ1) is 11.6. The quantitative estimate of drug-likeness (QED) is 0.629. The molecule has 0 bridgehead atoms. The summed E-state index contributed by atoms with van der Waals surface area (Å²) in [6, 6.07) is 10.3. The molecule has 0 amide bonds. The molecule has 0 fully saturated rings. The van der Waals surface area contributed by atoms with Crippen molar-refractivity contribution in [3.05, 3.63) is 53.9 Å². The first-order valence-corrected chi connectivity index (χ1v) is 8.55. The zero-order valence-corrected chi connectivity index (χ0v) is 15.8. The highest BCUT2D eigenvalue weighted by Gasteiger charge is 2.22. The summed E-state index contributed by atoms with van der Waals surface area (Å²) < 4.78 is 5.93. The van der Waals surface area contributed by atoms with Crippen molar-refractivity contribution >= 4 is 0 Å². The molecule has 2 heterocycles. The van der Waals surface area contributed by atoms with Gasteiger partial charge in [-0.25, -0.2) is 0 Å². The zero-order chi connectivity index (χ0) is 18.2. The molecular weight excluding hydrogens is 310 g/mol. The monoisotopic (exact) mass is 335 g/mol. The van der Waals surface area contributed by atoms with Gasteiger partial charge in [-0.15, -0.1) is 10.2 Å². The van der Waals surface area contributed by atoms with Gasteiger partial charge in [-0.05, 0) is 46.2 Å². The number of hydrogen-bond donors (Lipinski definition) is 0. The molecule has 0 radical (unpaired) electrons. The standard InChI is InChI=1S/C21H25N3O/c1-20(2,3)16-10-15(11-17(12-16)21(4,5)6)19-24-23-18(25-19)14-8-7-9-22-13-14/h7-13H,1-6H3. The van der Waals surface area contributed by atoms with E-state index in [4.69, 9.17) is 4.42 Å². The largest absolute Gasteiger partial charge is 0.416 e. The van der Waals surface area contributed by atoms with Gasteiger partial charge >= 0.3 is 0 Å². The third-order valence-corrected chi connectivity index (χ3v) is 4.25. The van der Waals surface area contributed by atoms with E-state index in [1.54, 1.807) is 12.4 Å². The second-order valence-electron chi connectivity index (χ2n) is 8.45. The van der Waals surface area contributed by atoms with Crippen LogP contribution in [0.4, 0.5) is 0 Å². The molecule has 3 rings (SSSR count). The van der Waals surface area contributed by atoms with Crippen LogP contribution in [0.1, 0.15) is 52.7 Å². The second kappa shape index (κ2) is 6.10. The summed E-state index contributed by atoms with van der Waals surface area (Å²) >= 11 is 0. The summed E-state index contributed by atoms with van der Waals surface area (Å²) in [5, 5.41) is 8.45. The highest BCUT2D eigenvalue weighted by molar-refractivity contribution is 5.60. The van der Waals surface area contributed by atoms with E-state index in [0.717, 1.165) is 11.1 Å². The summed E-state index contributed by atoms with van der Waals surface area (Å²) in [6.45, 7) is 13.3. The number of rotatable bonds is 2. The van der Waals surface area contributed by atoms with Crippen LogP contribution < -0.4 is 0 Å². The molecule has 130 valence electrons. The lowest BCUT2D eigenvalue weighted by atomic mass is 9.79. The minimum atomic E-state index is 0.0439. The summed E-state index contributed by atoms with van der Waals surface area (Å²) in [5.41, 5.74) is 4.39. The maximum Gasteiger partial charge on any atom is 0.249 e. The number of aromatic nitrogens is 3. The van der Waals surface area contributed by atoms with Gasteiger partial charge in [-0.1, -0.05) is 47.6 Å². The lowest BCUT2D eigenvalue weighted by Crippen LogP contribution is -2.16. The van der Waals surface area contributed by atoms with Crippen LogP contribution in [0.25, 0.3) is 22.9 Å². The molecule has 0 N–H and O–H groups in total. The van der Waals surface area contributed by atoms with Gasteiger partial charge < -0.3 is 4.42 Å². The molecule has 3 aromatic rings. The van der Waals surface area contributed by atoms with Gasteiger partial charge in [0, 0.05) is 18.0 Å². The Morgan fingerprint density at radius 2 is 1.32 bits per heavy atom. The Kier molecular flexibility index (Phi) is 4.23. The van der Waals surface area contributed by atoms with Gasteiger partial charge in [-0.2, -0.15) is 0 Å². The van der Waals surface area contributed by atoms with Crippen LogP contribution in [0, 0.1) is 0 Å². The molecule has 0 unspecified atom stereocenters. The van der Waals surface area contributed by atoms with Crippen LogP contribution in [-0.2, 0) is 10.8 Å². The smallest absolute Gasteiger partial charge is 0.249 e. The maximum absolute atomic E-state index is 5.93. The summed E-state index contributed by atoms with van der Waals surface area (Å²) in [6.07, 6.45) is 3.45. The van der Waals surface area contributed by atoms with E-state index in [-0.39, 0.29) is 10.8 Å². The fourth-order valence-corrected chi connectivity index (χ4v) is 2.56. The average molecular weight is 335 g/mol. The van der Waals surface area contributed by atoms with Gasteiger partial charge in [0.1, 0.15) is 0 Å². The van der Waals surface area contributed by atoms with E-state index >= 15 is 0 Å². The third kappa shape index (κ3) is 3.78. The first-order valence-electron chi connectivity index (χ1n) is 8.55. The van der Waals surface area contributed by atoms with Crippen molar-refractivity contribution < 1.29 is 4.42 Å². The third-order valence-electron chi connectivity index (χ3n) is 4.25. The predicted octanol–water partition coefficient (Wildman–Crippen LogP) is 5.39. The Bertz CT molecular complexity index is 836. The van der Waals surface area contributed by atoms with Crippen LogP contribution in [0.2, 0.25) is 0 Å². The van der Waals surface area contributed by atoms with Crippen molar-refractivity contribution in [2.45, 2.75) is 52.4 Å². The molecule has 0 aliphatic rings. The van der Waals surface area contributed by atoms with Crippen molar-refractivity contribution in [2.24, 2.45) is 0 Å². The van der Waals surface area contributed by atoms with Crippen molar-refractivity contribution in [3.63, 3.8) is 0 Å². The minimum Gasteiger partial charge on any atom is -0.416 e. The molecule has 4 heteroatoms. The molecule has 2 aromatic heterocycles. The van der Waals surface area contributed by atoms with Gasteiger partial charge in [-0.3, -0.25) is 4.98 Å². The Morgan fingerprint density at radius 1 is 0.760 bits per heavy atom. The van der Waals surface area contributed by atoms with Gasteiger partial charge in [0.25, 0.3) is 0 Å². The molecular formula is C21H25N3O. The van der Waals surface area contributed by atoms with E-state index in [1.165, 1.54) is 11.1 Å². The van der Waals surface area contributed by atoms with Crippen LogP contribution in [-0.4, -0.2) is 15.2 Å². The topological polar surface area (TPSA) is 51.8 Å². The molecule has 0 spiro atoms. The number of pyridine rings is 1. The van der Waals surface area contributed by atoms with Gasteiger partial charge in [0.15, 0.2) is 0 Å². The average Bonchev–Trinajstić information content (AvgIpc) is 3.04. The van der Waals surface area contributed by atoms with E-state index in [0.29, 0.717) is 11.8 Å². The van der Waals surface area contributed by atoms with Crippen molar-refractivity contribution in [3.8, 4) is 22.9 Å². The molecule has 25 heavy (non-hydrogen) atoms. The van der Waals surface area contributed by atoms with E-state index in [2.05, 4.69) is 74.9 Å². The van der Waals surface area contributed by atoms with Crippen LogP contribution in [0.3, 0.4) is 0 Å². The number of benzene rings is 1. The lowest BCUT2D eigenvalue weighted by molar-refractivity contribution is 0.564. The van der Waals surface area contributed by atoms with Gasteiger partial charge in [0.05, 0.1) is 5.56 Å². The lowest BCUT2D eigenvalue weighted by Gasteiger charge is -2.25. The first kappa shape index (κ1) is 17.3. The second-order valence-corrected chi connectivity index (χ2v) is 8.45. The SMILES string of the molecule is CC(C)(C)c1cc(-c2nnc(-c3cccnc3)o2)cc(C(C)(C)C)c1. The van der Waals surface area contributed by atoms with Gasteiger partial charge in [0.2, 0.25) is 11.8 Å². The van der Waals surface area contributed by atoms with E-state index in [9.17, 15) is 0 Å². The normalized spacial score (nSPS) is 12.4. The highest BCUT2D eigenvalue weighted by Crippen LogP contribution is 2.34. The van der Waals surface area contributed by atoms with Crippen molar-refractivity contribution in [1.29, 1.82) is 0 Å². The van der Waals surface area contributed by atoms with Crippen molar-refractivity contribution in [2.75, 3.05) is 0 Å². The van der Waals surface area contributed by atoms with Crippen LogP contribution in [0.15, 0.2) is 47.1 Å². The Labute approximate surface area is 149 Å². The highest BCUT2D eigenvalue weighted by atomic mass is 16.4. The van der Waals surface area contributed by atoms with Crippen LogP contribution >= 0.6 is 0 Å². The summed E-state index contributed by atoms with van der Waals surface area (Å²) in [5.74, 6) is 1.03. The number of nitrogens with zero attached hydrogens (tertiary/aromatic N) is 3. The molecule has 0 atom stereocenters.